The average molecular weight is 290 g/mol. The van der Waals surface area contributed by atoms with E-state index < -0.39 is 0 Å². The molecule has 0 aliphatic rings. The van der Waals surface area contributed by atoms with Gasteiger partial charge in [-0.3, -0.25) is 4.79 Å². The average Bonchev–Trinajstić information content (AvgIpc) is 2.47. The highest BCUT2D eigenvalue weighted by Gasteiger charge is 2.11. The lowest BCUT2D eigenvalue weighted by atomic mass is 10.1. The van der Waals surface area contributed by atoms with Gasteiger partial charge in [0, 0.05) is 10.6 Å². The van der Waals surface area contributed by atoms with Crippen LogP contribution in [-0.2, 0) is 0 Å². The predicted molar refractivity (Wildman–Crippen MR) is 80.3 cm³/mol. The van der Waals surface area contributed by atoms with Gasteiger partial charge in [-0.1, -0.05) is 23.7 Å². The van der Waals surface area contributed by atoms with Crippen LogP contribution in [-0.4, -0.2) is 13.0 Å². The molecule has 2 aromatic carbocycles. The summed E-state index contributed by atoms with van der Waals surface area (Å²) in [6.07, 6.45) is 0. The summed E-state index contributed by atoms with van der Waals surface area (Å²) in [5.41, 5.74) is 1.57. The van der Waals surface area contributed by atoms with E-state index in [1.165, 1.54) is 0 Å². The van der Waals surface area contributed by atoms with E-state index in [0.29, 0.717) is 10.6 Å². The molecule has 1 atom stereocenters. The van der Waals surface area contributed by atoms with E-state index in [0.717, 1.165) is 11.3 Å². The summed E-state index contributed by atoms with van der Waals surface area (Å²) in [6, 6.07) is 14.3. The summed E-state index contributed by atoms with van der Waals surface area (Å²) in [6.45, 7) is 1.92. The number of carbonyl (C=O) groups excluding carboxylic acids is 1. The first-order valence-corrected chi connectivity index (χ1v) is 6.68. The molecule has 0 fully saturated rings. The normalized spacial score (nSPS) is 11.8. The van der Waals surface area contributed by atoms with Crippen molar-refractivity contribution in [1.29, 1.82) is 0 Å². The van der Waals surface area contributed by atoms with Crippen LogP contribution in [0.3, 0.4) is 0 Å². The number of carbonyl (C=O) groups is 1. The molecule has 3 nitrogen and oxygen atoms in total. The van der Waals surface area contributed by atoms with Crippen molar-refractivity contribution in [3.05, 3.63) is 64.7 Å². The minimum atomic E-state index is -0.125. The zero-order valence-electron chi connectivity index (χ0n) is 11.4. The van der Waals surface area contributed by atoms with Crippen molar-refractivity contribution < 1.29 is 9.53 Å². The number of rotatable bonds is 4. The largest absolute Gasteiger partial charge is 0.497 e. The molecule has 0 bridgehead atoms. The van der Waals surface area contributed by atoms with Crippen LogP contribution in [0.25, 0.3) is 0 Å². The topological polar surface area (TPSA) is 38.3 Å². The van der Waals surface area contributed by atoms with Crippen LogP contribution in [0, 0.1) is 0 Å². The summed E-state index contributed by atoms with van der Waals surface area (Å²) >= 11 is 5.95. The predicted octanol–water partition coefficient (Wildman–Crippen LogP) is 3.84. The molecule has 4 heteroatoms. The number of methoxy groups -OCH3 is 1. The molecule has 0 aromatic heterocycles. The molecule has 2 aromatic rings. The van der Waals surface area contributed by atoms with Gasteiger partial charge in [0.1, 0.15) is 5.75 Å². The monoisotopic (exact) mass is 289 g/mol. The molecule has 1 N–H and O–H groups in total. The molecule has 0 heterocycles. The summed E-state index contributed by atoms with van der Waals surface area (Å²) in [5, 5.41) is 3.60. The minimum Gasteiger partial charge on any atom is -0.497 e. The van der Waals surface area contributed by atoms with Crippen LogP contribution in [0.5, 0.6) is 5.75 Å². The quantitative estimate of drug-likeness (QED) is 0.929. The maximum absolute atomic E-state index is 12.1. The van der Waals surface area contributed by atoms with E-state index >= 15 is 0 Å². The smallest absolute Gasteiger partial charge is 0.251 e. The fourth-order valence-electron chi connectivity index (χ4n) is 1.88. The van der Waals surface area contributed by atoms with Crippen LogP contribution >= 0.6 is 11.6 Å². The Morgan fingerprint density at radius 3 is 2.50 bits per heavy atom. The molecular formula is C16H16ClNO2. The lowest BCUT2D eigenvalue weighted by Gasteiger charge is -2.14. The van der Waals surface area contributed by atoms with Crippen molar-refractivity contribution in [2.45, 2.75) is 13.0 Å². The second kappa shape index (κ2) is 6.44. The Morgan fingerprint density at radius 1 is 1.20 bits per heavy atom. The van der Waals surface area contributed by atoms with E-state index in [9.17, 15) is 4.79 Å². The first-order chi connectivity index (χ1) is 9.60. The van der Waals surface area contributed by atoms with Crippen molar-refractivity contribution in [2.24, 2.45) is 0 Å². The van der Waals surface area contributed by atoms with Gasteiger partial charge in [0.05, 0.1) is 13.2 Å². The third kappa shape index (κ3) is 3.52. The van der Waals surface area contributed by atoms with Gasteiger partial charge in [0.25, 0.3) is 5.91 Å². The van der Waals surface area contributed by atoms with Crippen molar-refractivity contribution in [2.75, 3.05) is 7.11 Å². The number of hydrogen-bond donors (Lipinski definition) is 1. The Labute approximate surface area is 123 Å². The van der Waals surface area contributed by atoms with Crippen LogP contribution in [0.15, 0.2) is 48.5 Å². The van der Waals surface area contributed by atoms with Crippen molar-refractivity contribution >= 4 is 17.5 Å². The van der Waals surface area contributed by atoms with Gasteiger partial charge in [-0.2, -0.15) is 0 Å². The Morgan fingerprint density at radius 2 is 1.90 bits per heavy atom. The van der Waals surface area contributed by atoms with E-state index in [1.54, 1.807) is 31.4 Å². The van der Waals surface area contributed by atoms with Crippen molar-refractivity contribution in [3.8, 4) is 5.75 Å². The molecule has 0 saturated carbocycles. The molecular weight excluding hydrogens is 274 g/mol. The molecule has 0 aliphatic carbocycles. The summed E-state index contributed by atoms with van der Waals surface area (Å²) < 4.78 is 5.07. The number of benzene rings is 2. The number of amides is 1. The third-order valence-corrected chi connectivity index (χ3v) is 3.28. The van der Waals surface area contributed by atoms with Gasteiger partial charge in [-0.25, -0.2) is 0 Å². The maximum atomic E-state index is 12.1. The van der Waals surface area contributed by atoms with Gasteiger partial charge in [-0.05, 0) is 48.9 Å². The summed E-state index contributed by atoms with van der Waals surface area (Å²) in [7, 11) is 1.59. The fraction of sp³-hybridized carbons (Fsp3) is 0.188. The number of hydrogen-bond acceptors (Lipinski definition) is 2. The molecule has 1 unspecified atom stereocenters. The molecule has 0 saturated heterocycles. The van der Waals surface area contributed by atoms with Crippen LogP contribution < -0.4 is 10.1 Å². The van der Waals surface area contributed by atoms with E-state index in [2.05, 4.69) is 5.32 Å². The standard InChI is InChI=1S/C16H16ClNO2/c1-11(13-4-3-5-14(17)10-13)18-16(19)12-6-8-15(20-2)9-7-12/h3-11H,1-2H3,(H,18,19). The van der Waals surface area contributed by atoms with E-state index in [4.69, 9.17) is 16.3 Å². The van der Waals surface area contributed by atoms with Gasteiger partial charge < -0.3 is 10.1 Å². The Hall–Kier alpha value is -2.00. The highest BCUT2D eigenvalue weighted by Crippen LogP contribution is 2.18. The first kappa shape index (κ1) is 14.4. The number of ether oxygens (including phenoxy) is 1. The third-order valence-electron chi connectivity index (χ3n) is 3.05. The minimum absolute atomic E-state index is 0.108. The number of halogens is 1. The Balaban J connectivity index is 2.06. The molecule has 0 radical (unpaired) electrons. The lowest BCUT2D eigenvalue weighted by Crippen LogP contribution is -2.26. The summed E-state index contributed by atoms with van der Waals surface area (Å²) in [5.74, 6) is 0.601. The van der Waals surface area contributed by atoms with Crippen LogP contribution in [0.1, 0.15) is 28.9 Å². The van der Waals surface area contributed by atoms with Crippen LogP contribution in [0.2, 0.25) is 5.02 Å². The van der Waals surface area contributed by atoms with Crippen LogP contribution in [0.4, 0.5) is 0 Å². The highest BCUT2D eigenvalue weighted by atomic mass is 35.5. The SMILES string of the molecule is COc1ccc(C(=O)NC(C)c2cccc(Cl)c2)cc1. The highest BCUT2D eigenvalue weighted by molar-refractivity contribution is 6.30. The number of nitrogens with one attached hydrogen (secondary N) is 1. The van der Waals surface area contributed by atoms with E-state index in [-0.39, 0.29) is 11.9 Å². The summed E-state index contributed by atoms with van der Waals surface area (Å²) in [4.78, 5) is 12.1. The molecule has 20 heavy (non-hydrogen) atoms. The molecule has 0 aliphatic heterocycles. The second-order valence-corrected chi connectivity index (χ2v) is 4.92. The van der Waals surface area contributed by atoms with Crippen molar-refractivity contribution in [1.82, 2.24) is 5.32 Å². The van der Waals surface area contributed by atoms with Gasteiger partial charge in [0.2, 0.25) is 0 Å². The lowest BCUT2D eigenvalue weighted by molar-refractivity contribution is 0.0940. The van der Waals surface area contributed by atoms with Crippen molar-refractivity contribution in [3.63, 3.8) is 0 Å². The zero-order chi connectivity index (χ0) is 14.5. The molecule has 104 valence electrons. The molecule has 0 spiro atoms. The fourth-order valence-corrected chi connectivity index (χ4v) is 2.08. The second-order valence-electron chi connectivity index (χ2n) is 4.48. The van der Waals surface area contributed by atoms with Gasteiger partial charge in [0.15, 0.2) is 0 Å². The zero-order valence-corrected chi connectivity index (χ0v) is 12.1. The Bertz CT molecular complexity index is 596. The molecule has 1 amide bonds. The molecule has 2 rings (SSSR count). The Kier molecular flexibility index (Phi) is 4.64. The van der Waals surface area contributed by atoms with E-state index in [1.807, 2.05) is 31.2 Å². The van der Waals surface area contributed by atoms with Gasteiger partial charge in [-0.15, -0.1) is 0 Å². The van der Waals surface area contributed by atoms with Gasteiger partial charge >= 0.3 is 0 Å². The first-order valence-electron chi connectivity index (χ1n) is 6.30. The maximum Gasteiger partial charge on any atom is 0.251 e.